The van der Waals surface area contributed by atoms with E-state index in [2.05, 4.69) is 34.5 Å². The molecule has 1 saturated heterocycles. The van der Waals surface area contributed by atoms with Crippen molar-refractivity contribution in [3.63, 3.8) is 0 Å². The lowest BCUT2D eigenvalue weighted by Gasteiger charge is -2.31. The minimum atomic E-state index is 0.491. The van der Waals surface area contributed by atoms with Crippen LogP contribution in [-0.2, 0) is 11.2 Å². The molecule has 110 valence electrons. The van der Waals surface area contributed by atoms with Crippen LogP contribution in [-0.4, -0.2) is 38.9 Å². The lowest BCUT2D eigenvalue weighted by Crippen LogP contribution is -2.34. The predicted molar refractivity (Wildman–Crippen MR) is 83.4 cm³/mol. The van der Waals surface area contributed by atoms with E-state index in [0.29, 0.717) is 6.10 Å². The molecule has 0 aliphatic carbocycles. The Hall–Kier alpha value is -1.06. The minimum Gasteiger partial charge on any atom is -0.378 e. The Kier molecular flexibility index (Phi) is 4.93. The first kappa shape index (κ1) is 13.9. The number of piperidine rings is 1. The van der Waals surface area contributed by atoms with Crippen molar-refractivity contribution < 1.29 is 4.74 Å². The predicted octanol–water partition coefficient (Wildman–Crippen LogP) is 2.60. The molecule has 0 saturated carbocycles. The highest BCUT2D eigenvalue weighted by Gasteiger charge is 2.16. The fourth-order valence-electron chi connectivity index (χ4n) is 3.31. The topological polar surface area (TPSA) is 24.5 Å². The van der Waals surface area contributed by atoms with Gasteiger partial charge in [-0.05, 0) is 56.8 Å². The van der Waals surface area contributed by atoms with E-state index in [1.54, 1.807) is 0 Å². The van der Waals surface area contributed by atoms with Gasteiger partial charge < -0.3 is 15.0 Å². The molecule has 20 heavy (non-hydrogen) atoms. The first-order valence-electron chi connectivity index (χ1n) is 8.08. The van der Waals surface area contributed by atoms with Gasteiger partial charge in [0.15, 0.2) is 0 Å². The second-order valence-electron chi connectivity index (χ2n) is 5.89. The van der Waals surface area contributed by atoms with Gasteiger partial charge >= 0.3 is 0 Å². The zero-order chi connectivity index (χ0) is 13.6. The van der Waals surface area contributed by atoms with Gasteiger partial charge in [0.2, 0.25) is 0 Å². The second kappa shape index (κ2) is 7.09. The van der Waals surface area contributed by atoms with Gasteiger partial charge in [0, 0.05) is 25.4 Å². The molecule has 0 unspecified atom stereocenters. The average Bonchev–Trinajstić information content (AvgIpc) is 2.53. The van der Waals surface area contributed by atoms with Crippen molar-refractivity contribution >= 4 is 5.69 Å². The molecule has 1 fully saturated rings. The van der Waals surface area contributed by atoms with Gasteiger partial charge in [-0.1, -0.05) is 18.2 Å². The Morgan fingerprint density at radius 2 is 2.05 bits per heavy atom. The monoisotopic (exact) mass is 274 g/mol. The number of hydrogen-bond acceptors (Lipinski definition) is 3. The summed E-state index contributed by atoms with van der Waals surface area (Å²) in [6, 6.07) is 8.85. The van der Waals surface area contributed by atoms with Gasteiger partial charge in [-0.2, -0.15) is 0 Å². The molecule has 3 rings (SSSR count). The molecule has 0 radical (unpaired) electrons. The van der Waals surface area contributed by atoms with Crippen LogP contribution in [0.2, 0.25) is 0 Å². The Morgan fingerprint density at radius 1 is 1.20 bits per heavy atom. The summed E-state index contributed by atoms with van der Waals surface area (Å²) in [4.78, 5) is 2.53. The number of benzene rings is 1. The molecule has 3 nitrogen and oxygen atoms in total. The quantitative estimate of drug-likeness (QED) is 0.835. The first-order valence-corrected chi connectivity index (χ1v) is 8.08. The molecule has 1 aromatic carbocycles. The third-order valence-electron chi connectivity index (χ3n) is 4.42. The van der Waals surface area contributed by atoms with Crippen LogP contribution >= 0.6 is 0 Å². The van der Waals surface area contributed by atoms with E-state index in [0.717, 1.165) is 32.7 Å². The van der Waals surface area contributed by atoms with Gasteiger partial charge in [0.25, 0.3) is 0 Å². The maximum absolute atomic E-state index is 6.00. The van der Waals surface area contributed by atoms with E-state index in [1.807, 2.05) is 0 Å². The SMILES string of the molecule is c1ccc2c(c1)CCCN2CCCOC1CCNCC1. The third kappa shape index (κ3) is 3.53. The summed E-state index contributed by atoms with van der Waals surface area (Å²) >= 11 is 0. The van der Waals surface area contributed by atoms with E-state index >= 15 is 0 Å². The summed E-state index contributed by atoms with van der Waals surface area (Å²) in [6.07, 6.45) is 6.49. The number of ether oxygens (including phenoxy) is 1. The number of hydrogen-bond donors (Lipinski definition) is 1. The maximum atomic E-state index is 6.00. The smallest absolute Gasteiger partial charge is 0.0599 e. The van der Waals surface area contributed by atoms with Crippen molar-refractivity contribution in [2.24, 2.45) is 0 Å². The molecule has 0 atom stereocenters. The third-order valence-corrected chi connectivity index (χ3v) is 4.42. The normalized spacial score (nSPS) is 19.9. The highest BCUT2D eigenvalue weighted by Crippen LogP contribution is 2.26. The van der Waals surface area contributed by atoms with Gasteiger partial charge in [0.1, 0.15) is 0 Å². The average molecular weight is 274 g/mol. The van der Waals surface area contributed by atoms with Gasteiger partial charge in [-0.25, -0.2) is 0 Å². The molecule has 0 bridgehead atoms. The van der Waals surface area contributed by atoms with Crippen LogP contribution in [0.25, 0.3) is 0 Å². The van der Waals surface area contributed by atoms with Crippen LogP contribution in [0.15, 0.2) is 24.3 Å². The number of anilines is 1. The van der Waals surface area contributed by atoms with Gasteiger partial charge in [0.05, 0.1) is 6.10 Å². The summed E-state index contributed by atoms with van der Waals surface area (Å²) in [5, 5.41) is 3.38. The molecular weight excluding hydrogens is 248 g/mol. The van der Waals surface area contributed by atoms with Crippen LogP contribution in [0.3, 0.4) is 0 Å². The maximum Gasteiger partial charge on any atom is 0.0599 e. The zero-order valence-corrected chi connectivity index (χ0v) is 12.3. The molecule has 2 aliphatic rings. The summed E-state index contributed by atoms with van der Waals surface area (Å²) < 4.78 is 6.00. The molecule has 0 aromatic heterocycles. The van der Waals surface area contributed by atoms with E-state index in [-0.39, 0.29) is 0 Å². The second-order valence-corrected chi connectivity index (χ2v) is 5.89. The van der Waals surface area contributed by atoms with Gasteiger partial charge in [-0.15, -0.1) is 0 Å². The summed E-state index contributed by atoms with van der Waals surface area (Å²) in [5.74, 6) is 0. The molecule has 0 amide bonds. The van der Waals surface area contributed by atoms with Crippen molar-refractivity contribution in [3.05, 3.63) is 29.8 Å². The molecule has 1 aromatic rings. The van der Waals surface area contributed by atoms with Crippen LogP contribution in [0.4, 0.5) is 5.69 Å². The lowest BCUT2D eigenvalue weighted by atomic mass is 10.0. The molecule has 1 N–H and O–H groups in total. The Bertz CT molecular complexity index is 415. The number of para-hydroxylation sites is 1. The van der Waals surface area contributed by atoms with Crippen molar-refractivity contribution in [3.8, 4) is 0 Å². The zero-order valence-electron chi connectivity index (χ0n) is 12.3. The molecule has 0 spiro atoms. The Balaban J connectivity index is 1.43. The molecular formula is C17H26N2O. The molecule has 2 aliphatic heterocycles. The Morgan fingerprint density at radius 3 is 2.95 bits per heavy atom. The van der Waals surface area contributed by atoms with Crippen LogP contribution in [0, 0.1) is 0 Å². The Labute approximate surface area is 122 Å². The van der Waals surface area contributed by atoms with E-state index in [4.69, 9.17) is 4.74 Å². The standard InChI is InChI=1S/C17H26N2O/c1-2-7-17-15(5-1)6-3-12-19(17)13-4-14-20-16-8-10-18-11-9-16/h1-2,5,7,16,18H,3-4,6,8-14H2. The van der Waals surface area contributed by atoms with E-state index < -0.39 is 0 Å². The highest BCUT2D eigenvalue weighted by molar-refractivity contribution is 5.55. The molecule has 3 heteroatoms. The fraction of sp³-hybridized carbons (Fsp3) is 0.647. The van der Waals surface area contributed by atoms with E-state index in [1.165, 1.54) is 43.5 Å². The molecule has 2 heterocycles. The van der Waals surface area contributed by atoms with Crippen LogP contribution in [0.5, 0.6) is 0 Å². The van der Waals surface area contributed by atoms with Crippen LogP contribution < -0.4 is 10.2 Å². The minimum absolute atomic E-state index is 0.491. The number of aryl methyl sites for hydroxylation is 1. The number of fused-ring (bicyclic) bond motifs is 1. The highest BCUT2D eigenvalue weighted by atomic mass is 16.5. The summed E-state index contributed by atoms with van der Waals surface area (Å²) in [7, 11) is 0. The van der Waals surface area contributed by atoms with E-state index in [9.17, 15) is 0 Å². The fourth-order valence-corrected chi connectivity index (χ4v) is 3.31. The number of nitrogens with one attached hydrogen (secondary N) is 1. The first-order chi connectivity index (χ1) is 9.93. The van der Waals surface area contributed by atoms with Crippen molar-refractivity contribution in [1.29, 1.82) is 0 Å². The lowest BCUT2D eigenvalue weighted by molar-refractivity contribution is 0.0323. The van der Waals surface area contributed by atoms with Gasteiger partial charge in [-0.3, -0.25) is 0 Å². The largest absolute Gasteiger partial charge is 0.378 e. The summed E-state index contributed by atoms with van der Waals surface area (Å²) in [6.45, 7) is 5.46. The number of nitrogens with zero attached hydrogens (tertiary/aromatic N) is 1. The summed E-state index contributed by atoms with van der Waals surface area (Å²) in [5.41, 5.74) is 2.96. The van der Waals surface area contributed by atoms with Crippen molar-refractivity contribution in [2.75, 3.05) is 37.7 Å². The van der Waals surface area contributed by atoms with Crippen LogP contribution in [0.1, 0.15) is 31.2 Å². The number of rotatable bonds is 5. The van der Waals surface area contributed by atoms with Crippen molar-refractivity contribution in [1.82, 2.24) is 5.32 Å². The van der Waals surface area contributed by atoms with Crippen molar-refractivity contribution in [2.45, 2.75) is 38.2 Å².